The van der Waals surface area contributed by atoms with E-state index >= 15 is 0 Å². The first kappa shape index (κ1) is 18.6. The Bertz CT molecular complexity index is 933. The summed E-state index contributed by atoms with van der Waals surface area (Å²) in [4.78, 5) is 38.0. The molecule has 0 bridgehead atoms. The van der Waals surface area contributed by atoms with E-state index in [4.69, 9.17) is 4.74 Å². The Morgan fingerprint density at radius 1 is 1.04 bits per heavy atom. The summed E-state index contributed by atoms with van der Waals surface area (Å²) >= 11 is 3.30. The Balaban J connectivity index is 1.89. The smallest absolute Gasteiger partial charge is 0.335 e. The molecule has 0 atom stereocenters. The lowest BCUT2D eigenvalue weighted by molar-refractivity contribution is -0.122. The summed E-state index contributed by atoms with van der Waals surface area (Å²) in [6.45, 7) is 3.96. The second kappa shape index (κ2) is 8.01. The fraction of sp³-hybridized carbons (Fsp3) is 0.0500. The number of hydrogen-bond acceptors (Lipinski definition) is 4. The number of halogens is 1. The van der Waals surface area contributed by atoms with Crippen molar-refractivity contribution in [3.8, 4) is 5.75 Å². The number of barbiturate groups is 1. The molecule has 1 aliphatic heterocycles. The molecule has 136 valence electrons. The number of nitrogens with zero attached hydrogens (tertiary/aromatic N) is 1. The third kappa shape index (κ3) is 4.15. The maximum atomic E-state index is 12.8. The molecule has 0 saturated carbocycles. The predicted molar refractivity (Wildman–Crippen MR) is 105 cm³/mol. The van der Waals surface area contributed by atoms with Crippen molar-refractivity contribution in [1.82, 2.24) is 5.32 Å². The largest absolute Gasteiger partial charge is 0.490 e. The van der Waals surface area contributed by atoms with E-state index in [0.29, 0.717) is 23.6 Å². The fourth-order valence-corrected chi connectivity index (χ4v) is 2.73. The average molecular weight is 427 g/mol. The molecule has 1 saturated heterocycles. The summed E-state index contributed by atoms with van der Waals surface area (Å²) < 4.78 is 6.21. The number of nitrogens with one attached hydrogen (secondary N) is 1. The molecule has 0 spiro atoms. The van der Waals surface area contributed by atoms with Crippen molar-refractivity contribution >= 4 is 45.5 Å². The Morgan fingerprint density at radius 3 is 2.33 bits per heavy atom. The van der Waals surface area contributed by atoms with E-state index in [1.807, 2.05) is 0 Å². The van der Waals surface area contributed by atoms with Crippen LogP contribution in [-0.4, -0.2) is 24.5 Å². The van der Waals surface area contributed by atoms with Crippen LogP contribution in [0.2, 0.25) is 0 Å². The van der Waals surface area contributed by atoms with Crippen LogP contribution in [0.4, 0.5) is 10.5 Å². The zero-order valence-electron chi connectivity index (χ0n) is 14.1. The zero-order chi connectivity index (χ0) is 19.4. The first-order valence-corrected chi connectivity index (χ1v) is 8.79. The van der Waals surface area contributed by atoms with Gasteiger partial charge in [-0.25, -0.2) is 9.69 Å². The van der Waals surface area contributed by atoms with Gasteiger partial charge in [0.2, 0.25) is 0 Å². The summed E-state index contributed by atoms with van der Waals surface area (Å²) in [7, 11) is 0. The highest BCUT2D eigenvalue weighted by atomic mass is 79.9. The highest BCUT2D eigenvalue weighted by molar-refractivity contribution is 9.10. The molecule has 3 rings (SSSR count). The third-order valence-corrected chi connectivity index (χ3v) is 4.27. The lowest BCUT2D eigenvalue weighted by Crippen LogP contribution is -2.54. The van der Waals surface area contributed by atoms with Gasteiger partial charge in [-0.15, -0.1) is 0 Å². The molecule has 2 aromatic carbocycles. The molecule has 1 N–H and O–H groups in total. The maximum Gasteiger partial charge on any atom is 0.335 e. The second-order valence-electron chi connectivity index (χ2n) is 5.60. The highest BCUT2D eigenvalue weighted by Crippen LogP contribution is 2.24. The van der Waals surface area contributed by atoms with Gasteiger partial charge in [0.1, 0.15) is 17.9 Å². The van der Waals surface area contributed by atoms with Crippen LogP contribution in [0.5, 0.6) is 5.75 Å². The minimum absolute atomic E-state index is 0.128. The Labute approximate surface area is 164 Å². The van der Waals surface area contributed by atoms with Crippen molar-refractivity contribution in [3.63, 3.8) is 0 Å². The standard InChI is InChI=1S/C20H15BrN2O4/c1-2-11-27-16-9-3-13(4-10-16)12-17-18(24)22-20(26)23(19(17)25)15-7-5-14(21)6-8-15/h2-10,12H,1,11H2,(H,22,24,26)/b17-12+. The van der Waals surface area contributed by atoms with E-state index < -0.39 is 17.8 Å². The van der Waals surface area contributed by atoms with Crippen molar-refractivity contribution in [2.45, 2.75) is 0 Å². The molecule has 27 heavy (non-hydrogen) atoms. The van der Waals surface area contributed by atoms with Gasteiger partial charge in [-0.3, -0.25) is 14.9 Å². The minimum atomic E-state index is -0.780. The van der Waals surface area contributed by atoms with Crippen LogP contribution in [0.25, 0.3) is 6.08 Å². The normalized spacial score (nSPS) is 15.7. The first-order valence-electron chi connectivity index (χ1n) is 8.00. The molecule has 2 aromatic rings. The molecule has 1 fully saturated rings. The van der Waals surface area contributed by atoms with Crippen molar-refractivity contribution in [2.75, 3.05) is 11.5 Å². The SMILES string of the molecule is C=CCOc1ccc(/C=C2\C(=O)NC(=O)N(c3ccc(Br)cc3)C2=O)cc1. The van der Waals surface area contributed by atoms with Gasteiger partial charge in [-0.2, -0.15) is 0 Å². The topological polar surface area (TPSA) is 75.7 Å². The van der Waals surface area contributed by atoms with Crippen LogP contribution in [0, 0.1) is 0 Å². The van der Waals surface area contributed by atoms with E-state index in [1.54, 1.807) is 54.6 Å². The van der Waals surface area contributed by atoms with Crippen LogP contribution in [0.1, 0.15) is 5.56 Å². The van der Waals surface area contributed by atoms with Gasteiger partial charge in [0.25, 0.3) is 11.8 Å². The van der Waals surface area contributed by atoms with Crippen molar-refractivity contribution in [1.29, 1.82) is 0 Å². The average Bonchev–Trinajstić information content (AvgIpc) is 2.66. The van der Waals surface area contributed by atoms with Gasteiger partial charge in [0.05, 0.1) is 5.69 Å². The summed E-state index contributed by atoms with van der Waals surface area (Å²) in [5.41, 5.74) is 0.870. The maximum absolute atomic E-state index is 12.8. The van der Waals surface area contributed by atoms with Gasteiger partial charge in [-0.05, 0) is 48.0 Å². The number of carbonyl (C=O) groups is 3. The minimum Gasteiger partial charge on any atom is -0.490 e. The Hall–Kier alpha value is -3.19. The Morgan fingerprint density at radius 2 is 1.70 bits per heavy atom. The third-order valence-electron chi connectivity index (χ3n) is 3.75. The van der Waals surface area contributed by atoms with Gasteiger partial charge in [0.15, 0.2) is 0 Å². The molecule has 0 radical (unpaired) electrons. The molecule has 0 unspecified atom stereocenters. The first-order chi connectivity index (χ1) is 13.0. The molecule has 1 heterocycles. The lowest BCUT2D eigenvalue weighted by Gasteiger charge is -2.26. The molecular formula is C20H15BrN2O4. The van der Waals surface area contributed by atoms with E-state index in [0.717, 1.165) is 9.37 Å². The number of carbonyl (C=O) groups excluding carboxylic acids is 3. The quantitative estimate of drug-likeness (QED) is 0.449. The monoisotopic (exact) mass is 426 g/mol. The van der Waals surface area contributed by atoms with E-state index in [-0.39, 0.29) is 5.57 Å². The van der Waals surface area contributed by atoms with E-state index in [2.05, 4.69) is 27.8 Å². The highest BCUT2D eigenvalue weighted by Gasteiger charge is 2.36. The van der Waals surface area contributed by atoms with E-state index in [1.165, 1.54) is 6.08 Å². The van der Waals surface area contributed by atoms with Crippen molar-refractivity contribution in [2.24, 2.45) is 0 Å². The Kier molecular flexibility index (Phi) is 5.52. The van der Waals surface area contributed by atoms with Gasteiger partial charge >= 0.3 is 6.03 Å². The number of benzene rings is 2. The van der Waals surface area contributed by atoms with Crippen LogP contribution < -0.4 is 15.0 Å². The van der Waals surface area contributed by atoms with Gasteiger partial charge < -0.3 is 4.74 Å². The zero-order valence-corrected chi connectivity index (χ0v) is 15.7. The summed E-state index contributed by atoms with van der Waals surface area (Å²) in [5.74, 6) is -0.772. The molecule has 4 amide bonds. The van der Waals surface area contributed by atoms with Gasteiger partial charge in [-0.1, -0.05) is 40.7 Å². The fourth-order valence-electron chi connectivity index (χ4n) is 2.46. The molecule has 1 aliphatic rings. The van der Waals surface area contributed by atoms with Crippen LogP contribution in [-0.2, 0) is 9.59 Å². The van der Waals surface area contributed by atoms with Crippen LogP contribution >= 0.6 is 15.9 Å². The molecule has 6 nitrogen and oxygen atoms in total. The number of ether oxygens (including phenoxy) is 1. The molecule has 7 heteroatoms. The molecule has 0 aromatic heterocycles. The molecule has 0 aliphatic carbocycles. The second-order valence-corrected chi connectivity index (χ2v) is 6.52. The summed E-state index contributed by atoms with van der Waals surface area (Å²) in [5, 5.41) is 2.19. The van der Waals surface area contributed by atoms with Crippen molar-refractivity contribution < 1.29 is 19.1 Å². The molecular weight excluding hydrogens is 412 g/mol. The van der Waals surface area contributed by atoms with Gasteiger partial charge in [0, 0.05) is 4.47 Å². The van der Waals surface area contributed by atoms with Crippen LogP contribution in [0.3, 0.4) is 0 Å². The van der Waals surface area contributed by atoms with E-state index in [9.17, 15) is 14.4 Å². The number of urea groups is 1. The summed E-state index contributed by atoms with van der Waals surface area (Å²) in [6, 6.07) is 12.7. The number of rotatable bonds is 5. The van der Waals surface area contributed by atoms with Crippen molar-refractivity contribution in [3.05, 3.63) is 76.8 Å². The van der Waals surface area contributed by atoms with Crippen LogP contribution in [0.15, 0.2) is 71.2 Å². The predicted octanol–water partition coefficient (Wildman–Crippen LogP) is 3.68. The summed E-state index contributed by atoms with van der Waals surface area (Å²) in [6.07, 6.45) is 3.07. The number of anilines is 1. The number of imide groups is 2. The lowest BCUT2D eigenvalue weighted by atomic mass is 10.1. The number of amides is 4. The number of hydrogen-bond donors (Lipinski definition) is 1.